The van der Waals surface area contributed by atoms with Crippen molar-refractivity contribution in [2.45, 2.75) is 18.9 Å². The first kappa shape index (κ1) is 16.8. The molecule has 0 amide bonds. The van der Waals surface area contributed by atoms with Gasteiger partial charge in [-0.3, -0.25) is 9.79 Å². The number of hydrogen-bond acceptors (Lipinski definition) is 5. The van der Waals surface area contributed by atoms with Gasteiger partial charge in [-0.25, -0.2) is 4.39 Å². The number of carbonyl (C=O) groups is 2. The molecule has 0 aliphatic carbocycles. The van der Waals surface area contributed by atoms with Crippen LogP contribution in [0.5, 0.6) is 0 Å². The summed E-state index contributed by atoms with van der Waals surface area (Å²) in [4.78, 5) is 23.2. The van der Waals surface area contributed by atoms with Crippen LogP contribution >= 0.6 is 0 Å². The SMILES string of the molecule is C[C@@]1(c2cc(CC=O)ccc2F)COCC(N)=N1.O=CO. The number of benzene rings is 1. The van der Waals surface area contributed by atoms with Crippen molar-refractivity contribution in [3.63, 3.8) is 0 Å². The Morgan fingerprint density at radius 1 is 1.52 bits per heavy atom. The van der Waals surface area contributed by atoms with E-state index in [-0.39, 0.29) is 31.9 Å². The average Bonchev–Trinajstić information content (AvgIpc) is 2.42. The largest absolute Gasteiger partial charge is 0.483 e. The number of carbonyl (C=O) groups excluding carboxylic acids is 1. The van der Waals surface area contributed by atoms with Gasteiger partial charge in [-0.15, -0.1) is 0 Å². The summed E-state index contributed by atoms with van der Waals surface area (Å²) >= 11 is 0. The fraction of sp³-hybridized carbons (Fsp3) is 0.357. The summed E-state index contributed by atoms with van der Waals surface area (Å²) < 4.78 is 19.2. The lowest BCUT2D eigenvalue weighted by atomic mass is 9.90. The van der Waals surface area contributed by atoms with Crippen molar-refractivity contribution in [1.29, 1.82) is 0 Å². The molecule has 7 heteroatoms. The van der Waals surface area contributed by atoms with E-state index in [1.54, 1.807) is 19.1 Å². The Bertz CT molecular complexity index is 548. The molecule has 1 heterocycles. The van der Waals surface area contributed by atoms with Gasteiger partial charge in [0, 0.05) is 12.0 Å². The number of aldehydes is 1. The highest BCUT2D eigenvalue weighted by Gasteiger charge is 2.32. The third-order valence-electron chi connectivity index (χ3n) is 2.95. The molecule has 0 unspecified atom stereocenters. The normalized spacial score (nSPS) is 20.8. The number of nitrogens with zero attached hydrogens (tertiary/aromatic N) is 1. The molecule has 0 bridgehead atoms. The number of halogens is 1. The first-order valence-electron chi connectivity index (χ1n) is 6.19. The van der Waals surface area contributed by atoms with E-state index in [2.05, 4.69) is 4.99 Å². The molecule has 1 aromatic carbocycles. The van der Waals surface area contributed by atoms with Crippen LogP contribution in [-0.4, -0.2) is 36.9 Å². The van der Waals surface area contributed by atoms with Crippen molar-refractivity contribution in [2.24, 2.45) is 10.7 Å². The molecular formula is C14H17FN2O4. The van der Waals surface area contributed by atoms with E-state index in [0.717, 1.165) is 11.8 Å². The van der Waals surface area contributed by atoms with Gasteiger partial charge in [-0.1, -0.05) is 6.07 Å². The molecule has 114 valence electrons. The molecule has 0 aromatic heterocycles. The number of rotatable bonds is 3. The van der Waals surface area contributed by atoms with E-state index < -0.39 is 5.54 Å². The van der Waals surface area contributed by atoms with Crippen LogP contribution in [0.15, 0.2) is 23.2 Å². The van der Waals surface area contributed by atoms with E-state index >= 15 is 0 Å². The average molecular weight is 296 g/mol. The fourth-order valence-electron chi connectivity index (χ4n) is 2.08. The zero-order valence-electron chi connectivity index (χ0n) is 11.6. The minimum atomic E-state index is -0.828. The van der Waals surface area contributed by atoms with E-state index in [1.807, 2.05) is 0 Å². The second-order valence-electron chi connectivity index (χ2n) is 4.66. The summed E-state index contributed by atoms with van der Waals surface area (Å²) in [6.07, 6.45) is 1.04. The Hall–Kier alpha value is -2.28. The lowest BCUT2D eigenvalue weighted by Gasteiger charge is -2.30. The molecule has 2 rings (SSSR count). The summed E-state index contributed by atoms with van der Waals surface area (Å²) in [6, 6.07) is 4.59. The highest BCUT2D eigenvalue weighted by atomic mass is 19.1. The van der Waals surface area contributed by atoms with Gasteiger partial charge in [0.2, 0.25) is 0 Å². The lowest BCUT2D eigenvalue weighted by Crippen LogP contribution is -2.38. The molecular weight excluding hydrogens is 279 g/mol. The number of amidine groups is 1. The van der Waals surface area contributed by atoms with Gasteiger partial charge < -0.3 is 20.4 Å². The second kappa shape index (κ2) is 7.49. The summed E-state index contributed by atoms with van der Waals surface area (Å²) in [5.41, 5.74) is 5.97. The van der Waals surface area contributed by atoms with Crippen LogP contribution in [-0.2, 0) is 26.3 Å². The van der Waals surface area contributed by atoms with Gasteiger partial charge in [0.1, 0.15) is 30.1 Å². The third kappa shape index (κ3) is 4.35. The number of aliphatic imine (C=N–C) groups is 1. The monoisotopic (exact) mass is 296 g/mol. The minimum absolute atomic E-state index is 0.250. The van der Waals surface area contributed by atoms with Crippen molar-refractivity contribution in [3.05, 3.63) is 35.1 Å². The van der Waals surface area contributed by atoms with Crippen LogP contribution < -0.4 is 5.73 Å². The Morgan fingerprint density at radius 3 is 2.76 bits per heavy atom. The van der Waals surface area contributed by atoms with Crippen molar-refractivity contribution < 1.29 is 23.8 Å². The predicted octanol–water partition coefficient (Wildman–Crippen LogP) is 0.870. The Morgan fingerprint density at radius 2 is 2.19 bits per heavy atom. The zero-order chi connectivity index (χ0) is 15.9. The molecule has 0 fully saturated rings. The quantitative estimate of drug-likeness (QED) is 0.806. The van der Waals surface area contributed by atoms with Crippen molar-refractivity contribution in [1.82, 2.24) is 0 Å². The molecule has 0 saturated heterocycles. The van der Waals surface area contributed by atoms with Crippen LogP contribution in [0.3, 0.4) is 0 Å². The van der Waals surface area contributed by atoms with Gasteiger partial charge in [-0.05, 0) is 24.6 Å². The highest BCUT2D eigenvalue weighted by molar-refractivity contribution is 5.82. The van der Waals surface area contributed by atoms with Gasteiger partial charge in [0.05, 0.1) is 6.61 Å². The van der Waals surface area contributed by atoms with E-state index in [4.69, 9.17) is 20.4 Å². The van der Waals surface area contributed by atoms with Crippen molar-refractivity contribution in [3.8, 4) is 0 Å². The molecule has 21 heavy (non-hydrogen) atoms. The Labute approximate surface area is 121 Å². The van der Waals surface area contributed by atoms with Gasteiger partial charge in [-0.2, -0.15) is 0 Å². The maximum atomic E-state index is 13.9. The van der Waals surface area contributed by atoms with Crippen molar-refractivity contribution >= 4 is 18.6 Å². The summed E-state index contributed by atoms with van der Waals surface area (Å²) in [5, 5.41) is 6.89. The topological polar surface area (TPSA) is 102 Å². The van der Waals surface area contributed by atoms with Crippen LogP contribution in [0, 0.1) is 5.82 Å². The molecule has 3 N–H and O–H groups in total. The van der Waals surface area contributed by atoms with Crippen molar-refractivity contribution in [2.75, 3.05) is 13.2 Å². The van der Waals surface area contributed by atoms with Gasteiger partial charge in [0.15, 0.2) is 0 Å². The smallest absolute Gasteiger partial charge is 0.290 e. The van der Waals surface area contributed by atoms with E-state index in [0.29, 0.717) is 11.4 Å². The predicted molar refractivity (Wildman–Crippen MR) is 74.7 cm³/mol. The minimum Gasteiger partial charge on any atom is -0.483 e. The summed E-state index contributed by atoms with van der Waals surface area (Å²) in [6.45, 7) is 2.06. The van der Waals surface area contributed by atoms with Crippen LogP contribution in [0.2, 0.25) is 0 Å². The molecule has 0 saturated carbocycles. The molecule has 1 aliphatic rings. The Kier molecular flexibility index (Phi) is 5.98. The summed E-state index contributed by atoms with van der Waals surface area (Å²) in [7, 11) is 0. The van der Waals surface area contributed by atoms with Gasteiger partial charge >= 0.3 is 0 Å². The van der Waals surface area contributed by atoms with E-state index in [1.165, 1.54) is 6.07 Å². The number of nitrogens with two attached hydrogens (primary N) is 1. The molecule has 0 spiro atoms. The number of carboxylic acid groups (broad SMARTS) is 1. The van der Waals surface area contributed by atoms with Crippen LogP contribution in [0.25, 0.3) is 0 Å². The highest BCUT2D eigenvalue weighted by Crippen LogP contribution is 2.31. The number of hydrogen-bond donors (Lipinski definition) is 2. The molecule has 1 aromatic rings. The van der Waals surface area contributed by atoms with Crippen LogP contribution in [0.1, 0.15) is 18.1 Å². The number of ether oxygens (including phenoxy) is 1. The molecule has 0 radical (unpaired) electrons. The zero-order valence-corrected chi connectivity index (χ0v) is 11.6. The molecule has 6 nitrogen and oxygen atoms in total. The maximum Gasteiger partial charge on any atom is 0.290 e. The fourth-order valence-corrected chi connectivity index (χ4v) is 2.08. The lowest BCUT2D eigenvalue weighted by molar-refractivity contribution is -0.122. The first-order chi connectivity index (χ1) is 9.96. The second-order valence-corrected chi connectivity index (χ2v) is 4.66. The standard InChI is InChI=1S/C13H15FN2O2.CH2O2/c1-13(8-18-7-12(15)16-13)10-6-9(4-5-17)2-3-11(10)14;2-1-3/h2-3,5-6H,4,7-8H2,1H3,(H2,15,16);1H,(H,2,3)/t13-;/m0./s1. The van der Waals surface area contributed by atoms with Crippen LogP contribution in [0.4, 0.5) is 4.39 Å². The third-order valence-corrected chi connectivity index (χ3v) is 2.95. The van der Waals surface area contributed by atoms with E-state index in [9.17, 15) is 9.18 Å². The summed E-state index contributed by atoms with van der Waals surface area (Å²) in [5.74, 6) is -0.0156. The maximum absolute atomic E-state index is 13.9. The molecule has 1 atom stereocenters. The first-order valence-corrected chi connectivity index (χ1v) is 6.19. The Balaban J connectivity index is 0.000000677. The molecule has 1 aliphatic heterocycles. The van der Waals surface area contributed by atoms with Gasteiger partial charge in [0.25, 0.3) is 6.47 Å².